The van der Waals surface area contributed by atoms with Gasteiger partial charge in [-0.3, -0.25) is 19.6 Å². The van der Waals surface area contributed by atoms with Gasteiger partial charge < -0.3 is 4.90 Å². The second kappa shape index (κ2) is 7.10. The van der Waals surface area contributed by atoms with Gasteiger partial charge in [0.2, 0.25) is 0 Å². The molecule has 25 heavy (non-hydrogen) atoms. The van der Waals surface area contributed by atoms with E-state index in [2.05, 4.69) is 10.2 Å². The zero-order valence-corrected chi connectivity index (χ0v) is 13.8. The third-order valence-corrected chi connectivity index (χ3v) is 4.27. The number of aromatic amines is 1. The molecule has 2 heterocycles. The van der Waals surface area contributed by atoms with Crippen molar-refractivity contribution in [2.45, 2.75) is 6.92 Å². The predicted octanol–water partition coefficient (Wildman–Crippen LogP) is 1.64. The summed E-state index contributed by atoms with van der Waals surface area (Å²) in [5, 5.41) is 6.17. The number of rotatable bonds is 4. The molecule has 0 unspecified atom stereocenters. The van der Waals surface area contributed by atoms with Crippen molar-refractivity contribution in [2.24, 2.45) is 0 Å². The van der Waals surface area contributed by atoms with Crippen LogP contribution in [-0.2, 0) is 0 Å². The van der Waals surface area contributed by atoms with E-state index in [0.717, 1.165) is 0 Å². The molecule has 3 rings (SSSR count). The maximum Gasteiger partial charge on any atom is 0.277 e. The van der Waals surface area contributed by atoms with Gasteiger partial charge in [0, 0.05) is 31.7 Å². The number of nitrogens with zero attached hydrogens (tertiary/aromatic N) is 3. The number of hydrogen-bond donors (Lipinski definition) is 1. The first-order valence-electron chi connectivity index (χ1n) is 7.96. The topological polar surface area (TPSA) is 69.3 Å². The van der Waals surface area contributed by atoms with Crippen LogP contribution in [0.3, 0.4) is 0 Å². The molecule has 2 aromatic rings. The van der Waals surface area contributed by atoms with Crippen molar-refractivity contribution in [1.29, 1.82) is 0 Å². The van der Waals surface area contributed by atoms with E-state index in [0.29, 0.717) is 31.7 Å². The molecule has 6 nitrogen and oxygen atoms in total. The molecule has 0 bridgehead atoms. The number of aryl methyl sites for hydroxylation is 1. The number of carbonyl (C=O) groups excluding carboxylic acids is 2. The molecule has 1 aliphatic rings. The van der Waals surface area contributed by atoms with Crippen molar-refractivity contribution in [2.75, 3.05) is 32.7 Å². The Hall–Kier alpha value is -2.61. The number of Topliss-reactive ketones (excluding diaryl/α,β-unsaturated/α-hetero) is 1. The maximum absolute atomic E-state index is 13.8. The van der Waals surface area contributed by atoms with Crippen LogP contribution < -0.4 is 0 Å². The van der Waals surface area contributed by atoms with Crippen LogP contribution in [0.15, 0.2) is 24.3 Å². The highest BCUT2D eigenvalue weighted by Gasteiger charge is 2.27. The summed E-state index contributed by atoms with van der Waals surface area (Å²) in [5.74, 6) is -1.57. The monoisotopic (exact) mass is 348 g/mol. The Kier molecular flexibility index (Phi) is 4.89. The Bertz CT molecular complexity index is 780. The molecule has 1 N–H and O–H groups in total. The summed E-state index contributed by atoms with van der Waals surface area (Å²) in [5.41, 5.74) is 0.481. The highest BCUT2D eigenvalue weighted by molar-refractivity contribution is 5.97. The van der Waals surface area contributed by atoms with Crippen molar-refractivity contribution >= 4 is 11.7 Å². The Morgan fingerprint density at radius 3 is 2.32 bits per heavy atom. The molecule has 0 aliphatic carbocycles. The molecule has 1 aliphatic heterocycles. The number of aromatic nitrogens is 2. The van der Waals surface area contributed by atoms with Gasteiger partial charge >= 0.3 is 0 Å². The van der Waals surface area contributed by atoms with Gasteiger partial charge in [0.1, 0.15) is 5.82 Å². The van der Waals surface area contributed by atoms with E-state index < -0.39 is 11.7 Å². The Morgan fingerprint density at radius 1 is 1.12 bits per heavy atom. The molecular formula is C17H18F2N4O2. The minimum atomic E-state index is -0.626. The lowest BCUT2D eigenvalue weighted by Gasteiger charge is -2.33. The molecule has 1 aromatic heterocycles. The molecule has 0 spiro atoms. The third kappa shape index (κ3) is 3.74. The number of halogens is 2. The first kappa shape index (κ1) is 17.2. The lowest BCUT2D eigenvalue weighted by atomic mass is 10.1. The summed E-state index contributed by atoms with van der Waals surface area (Å²) in [6.07, 6.45) is 0. The average molecular weight is 348 g/mol. The minimum Gasteiger partial charge on any atom is -0.335 e. The van der Waals surface area contributed by atoms with Crippen molar-refractivity contribution in [3.63, 3.8) is 0 Å². The molecule has 1 fully saturated rings. The average Bonchev–Trinajstić information content (AvgIpc) is 2.94. The van der Waals surface area contributed by atoms with E-state index in [1.807, 2.05) is 4.90 Å². The normalized spacial score (nSPS) is 15.4. The summed E-state index contributed by atoms with van der Waals surface area (Å²) in [7, 11) is 0. The quantitative estimate of drug-likeness (QED) is 0.853. The van der Waals surface area contributed by atoms with Gasteiger partial charge in [0.15, 0.2) is 17.3 Å². The number of hydrogen-bond acceptors (Lipinski definition) is 4. The smallest absolute Gasteiger partial charge is 0.277 e. The van der Waals surface area contributed by atoms with Gasteiger partial charge in [-0.05, 0) is 31.2 Å². The number of nitrogens with one attached hydrogen (secondary N) is 1. The number of carbonyl (C=O) groups is 2. The van der Waals surface area contributed by atoms with Crippen molar-refractivity contribution in [3.8, 4) is 0 Å². The Morgan fingerprint density at radius 2 is 1.76 bits per heavy atom. The van der Waals surface area contributed by atoms with Crippen LogP contribution in [0.25, 0.3) is 0 Å². The van der Waals surface area contributed by atoms with E-state index in [4.69, 9.17) is 0 Å². The molecule has 132 valence electrons. The van der Waals surface area contributed by atoms with Crippen molar-refractivity contribution in [3.05, 3.63) is 52.9 Å². The summed E-state index contributed by atoms with van der Waals surface area (Å²) in [4.78, 5) is 27.9. The first-order chi connectivity index (χ1) is 12.0. The standard InChI is InChI=1S/C17H18F2N4O2/c1-11-15(19)16(21-20-11)17(25)23-8-6-22(7-9-23)10-14(24)12-2-4-13(18)5-3-12/h2-5H,6-10H2,1H3,(H,20,21). The second-order valence-corrected chi connectivity index (χ2v) is 6.01. The van der Waals surface area contributed by atoms with Crippen LogP contribution in [0.5, 0.6) is 0 Å². The first-order valence-corrected chi connectivity index (χ1v) is 7.96. The summed E-state index contributed by atoms with van der Waals surface area (Å²) in [6.45, 7) is 3.50. The molecule has 1 saturated heterocycles. The molecular weight excluding hydrogens is 330 g/mol. The molecule has 0 atom stereocenters. The van der Waals surface area contributed by atoms with Gasteiger partial charge in [0.25, 0.3) is 5.91 Å². The highest BCUT2D eigenvalue weighted by atomic mass is 19.1. The van der Waals surface area contributed by atoms with E-state index in [-0.39, 0.29) is 29.5 Å². The van der Waals surface area contributed by atoms with Crippen LogP contribution in [0, 0.1) is 18.6 Å². The molecule has 1 amide bonds. The van der Waals surface area contributed by atoms with E-state index in [1.165, 1.54) is 36.1 Å². The Labute approximate surface area is 143 Å². The number of ketones is 1. The second-order valence-electron chi connectivity index (χ2n) is 6.01. The summed E-state index contributed by atoms with van der Waals surface area (Å²) in [6, 6.07) is 5.43. The molecule has 0 radical (unpaired) electrons. The lowest BCUT2D eigenvalue weighted by molar-refractivity contribution is 0.0615. The SMILES string of the molecule is Cc1[nH]nc(C(=O)N2CCN(CC(=O)c3ccc(F)cc3)CC2)c1F. The largest absolute Gasteiger partial charge is 0.335 e. The zero-order chi connectivity index (χ0) is 18.0. The van der Waals surface area contributed by atoms with Crippen LogP contribution in [0.1, 0.15) is 26.5 Å². The van der Waals surface area contributed by atoms with Crippen LogP contribution >= 0.6 is 0 Å². The van der Waals surface area contributed by atoms with Gasteiger partial charge in [-0.25, -0.2) is 8.78 Å². The lowest BCUT2D eigenvalue weighted by Crippen LogP contribution is -2.50. The van der Waals surface area contributed by atoms with Gasteiger partial charge in [-0.15, -0.1) is 0 Å². The summed E-state index contributed by atoms with van der Waals surface area (Å²) < 4.78 is 26.7. The van der Waals surface area contributed by atoms with Gasteiger partial charge in [0.05, 0.1) is 12.2 Å². The maximum atomic E-state index is 13.8. The van der Waals surface area contributed by atoms with Crippen LogP contribution in [0.4, 0.5) is 8.78 Å². The van der Waals surface area contributed by atoms with Gasteiger partial charge in [-0.2, -0.15) is 5.10 Å². The fraction of sp³-hybridized carbons (Fsp3) is 0.353. The summed E-state index contributed by atoms with van der Waals surface area (Å²) >= 11 is 0. The zero-order valence-electron chi connectivity index (χ0n) is 13.8. The van der Waals surface area contributed by atoms with E-state index >= 15 is 0 Å². The number of piperazine rings is 1. The molecule has 0 saturated carbocycles. The highest BCUT2D eigenvalue weighted by Crippen LogP contribution is 2.13. The van der Waals surface area contributed by atoms with E-state index in [9.17, 15) is 18.4 Å². The number of H-pyrrole nitrogens is 1. The fourth-order valence-corrected chi connectivity index (χ4v) is 2.75. The van der Waals surface area contributed by atoms with Crippen LogP contribution in [-0.4, -0.2) is 64.4 Å². The van der Waals surface area contributed by atoms with Crippen molar-refractivity contribution < 1.29 is 18.4 Å². The molecule has 8 heteroatoms. The van der Waals surface area contributed by atoms with E-state index in [1.54, 1.807) is 0 Å². The number of benzene rings is 1. The third-order valence-electron chi connectivity index (χ3n) is 4.27. The van der Waals surface area contributed by atoms with Crippen molar-refractivity contribution in [1.82, 2.24) is 20.0 Å². The van der Waals surface area contributed by atoms with Crippen LogP contribution in [0.2, 0.25) is 0 Å². The minimum absolute atomic E-state index is 0.103. The fourth-order valence-electron chi connectivity index (χ4n) is 2.75. The molecule has 1 aromatic carbocycles. The predicted molar refractivity (Wildman–Crippen MR) is 86.4 cm³/mol. The Balaban J connectivity index is 1.55. The van der Waals surface area contributed by atoms with Gasteiger partial charge in [-0.1, -0.05) is 0 Å². The number of amides is 1.